The van der Waals surface area contributed by atoms with Gasteiger partial charge in [0.25, 0.3) is 0 Å². The summed E-state index contributed by atoms with van der Waals surface area (Å²) in [6, 6.07) is 8.38. The topological polar surface area (TPSA) is 43.0 Å². The molecule has 0 spiro atoms. The molecule has 0 amide bonds. The van der Waals surface area contributed by atoms with Gasteiger partial charge in [0.05, 0.1) is 7.11 Å². The number of hydrogen-bond acceptors (Lipinski definition) is 5. The number of nitrogens with zero attached hydrogens (tertiary/aromatic N) is 1. The van der Waals surface area contributed by atoms with E-state index in [4.69, 9.17) is 14.0 Å². The van der Waals surface area contributed by atoms with Gasteiger partial charge in [0.1, 0.15) is 0 Å². The van der Waals surface area contributed by atoms with E-state index in [1.54, 1.807) is 7.11 Å². The third kappa shape index (κ3) is 8.23. The molecule has 36 heavy (non-hydrogen) atoms. The van der Waals surface area contributed by atoms with Crippen LogP contribution in [-0.4, -0.2) is 32.5 Å². The summed E-state index contributed by atoms with van der Waals surface area (Å²) < 4.78 is 20.3. The lowest BCUT2D eigenvalue weighted by atomic mass is 9.74. The van der Waals surface area contributed by atoms with Crippen LogP contribution in [0.4, 0.5) is 0 Å². The van der Waals surface area contributed by atoms with E-state index in [1.807, 2.05) is 46.0 Å². The van der Waals surface area contributed by atoms with Crippen molar-refractivity contribution in [3.8, 4) is 23.0 Å². The zero-order chi connectivity index (χ0) is 27.6. The van der Waals surface area contributed by atoms with Crippen molar-refractivity contribution in [2.75, 3.05) is 27.9 Å². The van der Waals surface area contributed by atoms with Crippen molar-refractivity contribution in [1.29, 1.82) is 0 Å². The number of fused-ring (bicyclic) bond motifs is 2. The molecule has 2 atom stereocenters. The lowest BCUT2D eigenvalue weighted by Crippen LogP contribution is -2.25. The number of allylic oxidation sites excluding steroid dienone is 2. The van der Waals surface area contributed by atoms with Crippen LogP contribution >= 0.6 is 17.7 Å². The number of hydrogen-bond donors (Lipinski definition) is 1. The first-order chi connectivity index (χ1) is 16.9. The summed E-state index contributed by atoms with van der Waals surface area (Å²) in [5.41, 5.74) is 6.41. The minimum absolute atomic E-state index is 0.0644. The van der Waals surface area contributed by atoms with Crippen molar-refractivity contribution in [3.63, 3.8) is 0 Å². The highest BCUT2D eigenvalue weighted by atomic mass is 31.1. The number of aryl methyl sites for hydroxylation is 2. The highest BCUT2D eigenvalue weighted by molar-refractivity contribution is 7.34. The molecule has 0 aromatic heterocycles. The van der Waals surface area contributed by atoms with Crippen LogP contribution in [0.2, 0.25) is 0 Å². The summed E-state index contributed by atoms with van der Waals surface area (Å²) >= 11 is 0. The van der Waals surface area contributed by atoms with Crippen LogP contribution in [0, 0.1) is 13.8 Å². The minimum Gasteiger partial charge on any atom is -0.493 e. The van der Waals surface area contributed by atoms with E-state index in [9.17, 15) is 0 Å². The number of methoxy groups -OCH3 is 1. The van der Waals surface area contributed by atoms with E-state index in [-0.39, 0.29) is 14.4 Å². The average molecular weight is 533 g/mol. The number of rotatable bonds is 7. The van der Waals surface area contributed by atoms with E-state index in [1.165, 1.54) is 0 Å². The maximum atomic E-state index is 6.39. The first-order valence-electron chi connectivity index (χ1n) is 12.3. The summed E-state index contributed by atoms with van der Waals surface area (Å²) in [5.74, 6) is 2.99. The van der Waals surface area contributed by atoms with Crippen molar-refractivity contribution in [3.05, 3.63) is 70.4 Å². The summed E-state index contributed by atoms with van der Waals surface area (Å²) in [6.45, 7) is 22.7. The molecule has 1 aliphatic heterocycles. The van der Waals surface area contributed by atoms with Gasteiger partial charge in [-0.2, -0.15) is 0 Å². The van der Waals surface area contributed by atoms with Gasteiger partial charge >= 0.3 is 0 Å². The Morgan fingerprint density at radius 3 is 1.92 bits per heavy atom. The molecule has 1 heterocycles. The van der Waals surface area contributed by atoms with E-state index in [2.05, 4.69) is 76.9 Å². The minimum atomic E-state index is -0.237. The number of benzene rings is 2. The van der Waals surface area contributed by atoms with E-state index in [0.717, 1.165) is 65.1 Å². The van der Waals surface area contributed by atoms with Crippen LogP contribution in [-0.2, 0) is 5.41 Å². The van der Waals surface area contributed by atoms with Crippen LogP contribution in [0.25, 0.3) is 0 Å². The second kappa shape index (κ2) is 14.6. The molecule has 2 aromatic rings. The van der Waals surface area contributed by atoms with Gasteiger partial charge in [-0.15, -0.1) is 0 Å². The Bertz CT molecular complexity index is 1060. The van der Waals surface area contributed by atoms with Crippen LogP contribution in [0.1, 0.15) is 63.8 Å². The average Bonchev–Trinajstić information content (AvgIpc) is 2.84. The van der Waals surface area contributed by atoms with E-state index >= 15 is 0 Å². The zero-order valence-corrected chi connectivity index (χ0v) is 26.3. The molecule has 0 radical (unpaired) electrons. The Morgan fingerprint density at radius 1 is 1.00 bits per heavy atom. The van der Waals surface area contributed by atoms with Crippen molar-refractivity contribution >= 4 is 17.7 Å². The monoisotopic (exact) mass is 532 g/mol. The van der Waals surface area contributed by atoms with Gasteiger partial charge in [0, 0.05) is 22.7 Å². The molecule has 0 fully saturated rings. The molecule has 5 nitrogen and oxygen atoms in total. The molecule has 0 bridgehead atoms. The Balaban J connectivity index is 0.000000826. The molecule has 200 valence electrons. The first-order valence-corrected chi connectivity index (χ1v) is 14.6. The van der Waals surface area contributed by atoms with E-state index in [0.29, 0.717) is 0 Å². The Labute approximate surface area is 223 Å². The molecule has 1 N–H and O–H groups in total. The lowest BCUT2D eigenvalue weighted by molar-refractivity contribution is 0.350. The molecule has 2 aromatic carbocycles. The molecular weight excluding hydrogens is 486 g/mol. The van der Waals surface area contributed by atoms with Gasteiger partial charge in [0.2, 0.25) is 0 Å². The van der Waals surface area contributed by atoms with Gasteiger partial charge in [-0.05, 0) is 77.3 Å². The molecule has 0 aliphatic carbocycles. The van der Waals surface area contributed by atoms with Crippen LogP contribution < -0.4 is 19.1 Å². The van der Waals surface area contributed by atoms with Gasteiger partial charge < -0.3 is 19.1 Å². The predicted octanol–water partition coefficient (Wildman–Crippen LogP) is 8.50. The highest BCUT2D eigenvalue weighted by Gasteiger charge is 2.38. The summed E-state index contributed by atoms with van der Waals surface area (Å²) in [4.78, 5) is 0. The van der Waals surface area contributed by atoms with Gasteiger partial charge in [-0.25, -0.2) is 0 Å². The standard InChI is InChI=1S/C24H30NO3P.C3H10NP.C2H6/c1-14(2)17(5)13-25-29-28-21-12-16(4)10-19-23(21)27-22-18(24(19,6)7)9-15(3)11-20(22)26-8;1-4(2)5-3;1-2/h9-13,25,29H,1H2,2-8H3;5H,1-3H3;1-2H3/b17-13-;;. The molecule has 0 saturated heterocycles. The molecule has 1 aliphatic rings. The normalized spacial score (nSPS) is 13.8. The second-order valence-corrected chi connectivity index (χ2v) is 11.3. The second-order valence-electron chi connectivity index (χ2n) is 9.28. The first kappa shape index (κ1) is 32.0. The quantitative estimate of drug-likeness (QED) is 0.220. The molecular formula is C29H46N2O3P2. The summed E-state index contributed by atoms with van der Waals surface area (Å²) in [5, 5.41) is 3.21. The lowest BCUT2D eigenvalue weighted by Gasteiger charge is -2.36. The highest BCUT2D eigenvalue weighted by Crippen LogP contribution is 2.55. The Kier molecular flexibility index (Phi) is 13.0. The van der Waals surface area contributed by atoms with Crippen LogP contribution in [0.3, 0.4) is 0 Å². The number of ether oxygens (including phenoxy) is 2. The predicted molar refractivity (Wildman–Crippen MR) is 161 cm³/mol. The summed E-state index contributed by atoms with van der Waals surface area (Å²) in [6.07, 6.45) is 1.93. The van der Waals surface area contributed by atoms with Crippen LogP contribution in [0.5, 0.6) is 23.0 Å². The molecule has 7 heteroatoms. The van der Waals surface area contributed by atoms with Crippen molar-refractivity contribution in [2.24, 2.45) is 0 Å². The van der Waals surface area contributed by atoms with E-state index < -0.39 is 0 Å². The third-order valence-corrected chi connectivity index (χ3v) is 7.28. The van der Waals surface area contributed by atoms with Crippen molar-refractivity contribution < 1.29 is 14.0 Å². The molecule has 0 saturated carbocycles. The molecule has 3 rings (SSSR count). The maximum Gasteiger partial charge on any atom is 0.174 e. The smallest absolute Gasteiger partial charge is 0.174 e. The zero-order valence-electron chi connectivity index (χ0n) is 24.3. The Morgan fingerprint density at radius 2 is 1.47 bits per heavy atom. The summed E-state index contributed by atoms with van der Waals surface area (Å²) in [7, 11) is 6.82. The van der Waals surface area contributed by atoms with Gasteiger partial charge in [0.15, 0.2) is 32.0 Å². The fourth-order valence-corrected chi connectivity index (χ4v) is 4.03. The van der Waals surface area contributed by atoms with Gasteiger partial charge in [-0.3, -0.25) is 4.67 Å². The Hall–Kier alpha value is -2.06. The fraction of sp³-hybridized carbons (Fsp3) is 0.448. The molecule has 2 unspecified atom stereocenters. The number of nitrogens with one attached hydrogen (secondary N) is 1. The van der Waals surface area contributed by atoms with Gasteiger partial charge in [-0.1, -0.05) is 60.7 Å². The van der Waals surface area contributed by atoms with Crippen LogP contribution in [0.15, 0.2) is 48.2 Å². The maximum absolute atomic E-state index is 6.39. The van der Waals surface area contributed by atoms with Crippen molar-refractivity contribution in [1.82, 2.24) is 9.76 Å². The largest absolute Gasteiger partial charge is 0.493 e. The van der Waals surface area contributed by atoms with Crippen molar-refractivity contribution in [2.45, 2.75) is 60.8 Å². The fourth-order valence-electron chi connectivity index (χ4n) is 3.44. The SMILES string of the molecule is C=C(C)/C(C)=C\NPOc1cc(C)cc2c1Oc1c(OC)cc(C)cc1C2(C)C.CC.CPN(C)C. The third-order valence-electron chi connectivity index (χ3n) is 5.80.